The molecule has 1 saturated heterocycles. The fourth-order valence-corrected chi connectivity index (χ4v) is 4.64. The van der Waals surface area contributed by atoms with Crippen LogP contribution in [-0.2, 0) is 6.54 Å². The molecule has 1 aliphatic heterocycles. The van der Waals surface area contributed by atoms with Crippen LogP contribution in [0.5, 0.6) is 0 Å². The second-order valence-corrected chi connectivity index (χ2v) is 8.08. The fourth-order valence-electron chi connectivity index (χ4n) is 4.64. The molecule has 148 valence electrons. The van der Waals surface area contributed by atoms with Gasteiger partial charge in [0.25, 0.3) is 0 Å². The first-order chi connectivity index (χ1) is 14.2. The van der Waals surface area contributed by atoms with E-state index >= 15 is 0 Å². The molecule has 4 aromatic rings. The number of benzene rings is 1. The molecule has 1 fully saturated rings. The lowest BCUT2D eigenvalue weighted by Gasteiger charge is -2.32. The van der Waals surface area contributed by atoms with E-state index in [1.165, 1.54) is 34.9 Å². The first kappa shape index (κ1) is 18.1. The van der Waals surface area contributed by atoms with Crippen molar-refractivity contribution in [2.75, 3.05) is 13.1 Å². The van der Waals surface area contributed by atoms with Gasteiger partial charge in [0.1, 0.15) is 5.76 Å². The van der Waals surface area contributed by atoms with Crippen LogP contribution in [0.15, 0.2) is 53.3 Å². The first-order valence-corrected chi connectivity index (χ1v) is 10.4. The molecule has 1 aromatic carbocycles. The summed E-state index contributed by atoms with van der Waals surface area (Å²) in [7, 11) is 0. The van der Waals surface area contributed by atoms with E-state index in [-0.39, 0.29) is 0 Å². The Morgan fingerprint density at radius 1 is 1.14 bits per heavy atom. The highest BCUT2D eigenvalue weighted by atomic mass is 16.5. The minimum Gasteiger partial charge on any atom is -0.361 e. The summed E-state index contributed by atoms with van der Waals surface area (Å²) in [4.78, 5) is 10.5. The molecule has 29 heavy (non-hydrogen) atoms. The SMILES string of the molecule is Cc1noc(C)c1-c1cc(C2CCN(Cc3cccc4[nH]ccc34)CC2)ccn1. The van der Waals surface area contributed by atoms with Crippen molar-refractivity contribution in [1.29, 1.82) is 0 Å². The lowest BCUT2D eigenvalue weighted by atomic mass is 9.89. The number of aryl methyl sites for hydroxylation is 2. The van der Waals surface area contributed by atoms with E-state index in [1.807, 2.05) is 26.2 Å². The number of fused-ring (bicyclic) bond motifs is 1. The van der Waals surface area contributed by atoms with Crippen molar-refractivity contribution >= 4 is 10.9 Å². The van der Waals surface area contributed by atoms with Gasteiger partial charge in [-0.15, -0.1) is 0 Å². The van der Waals surface area contributed by atoms with E-state index < -0.39 is 0 Å². The number of nitrogens with zero attached hydrogens (tertiary/aromatic N) is 3. The van der Waals surface area contributed by atoms with Crippen molar-refractivity contribution in [2.24, 2.45) is 0 Å². The molecular formula is C24H26N4O. The van der Waals surface area contributed by atoms with Gasteiger partial charge in [-0.1, -0.05) is 17.3 Å². The number of hydrogen-bond acceptors (Lipinski definition) is 4. The summed E-state index contributed by atoms with van der Waals surface area (Å²) in [6, 6.07) is 13.1. The van der Waals surface area contributed by atoms with Crippen molar-refractivity contribution < 1.29 is 4.52 Å². The number of aromatic amines is 1. The second-order valence-electron chi connectivity index (χ2n) is 8.08. The molecule has 0 atom stereocenters. The van der Waals surface area contributed by atoms with E-state index in [0.717, 1.165) is 42.3 Å². The largest absolute Gasteiger partial charge is 0.361 e. The minimum absolute atomic E-state index is 0.580. The van der Waals surface area contributed by atoms with Crippen LogP contribution in [0.4, 0.5) is 0 Å². The molecule has 0 unspecified atom stereocenters. The van der Waals surface area contributed by atoms with E-state index in [9.17, 15) is 0 Å². The highest BCUT2D eigenvalue weighted by Crippen LogP contribution is 2.32. The molecule has 0 bridgehead atoms. The molecule has 1 N–H and O–H groups in total. The lowest BCUT2D eigenvalue weighted by molar-refractivity contribution is 0.205. The van der Waals surface area contributed by atoms with Gasteiger partial charge in [-0.25, -0.2) is 0 Å². The standard InChI is InChI=1S/C24H26N4O/c1-16-24(17(2)29-27-16)23-14-19(6-10-26-23)18-8-12-28(13-9-18)15-20-4-3-5-22-21(20)7-11-25-22/h3-7,10-11,14,18,25H,8-9,12-13,15H2,1-2H3. The van der Waals surface area contributed by atoms with Gasteiger partial charge in [0.2, 0.25) is 0 Å². The molecule has 0 aliphatic carbocycles. The number of likely N-dealkylation sites (tertiary alicyclic amines) is 1. The van der Waals surface area contributed by atoms with Crippen LogP contribution < -0.4 is 0 Å². The van der Waals surface area contributed by atoms with Gasteiger partial charge in [-0.05, 0) is 81.1 Å². The smallest absolute Gasteiger partial charge is 0.143 e. The zero-order valence-electron chi connectivity index (χ0n) is 17.0. The maximum atomic E-state index is 5.33. The Morgan fingerprint density at radius 2 is 2.00 bits per heavy atom. The molecule has 0 radical (unpaired) electrons. The Bertz CT molecular complexity index is 1120. The predicted octanol–water partition coefficient (Wildman–Crippen LogP) is 5.21. The van der Waals surface area contributed by atoms with Crippen LogP contribution in [0.3, 0.4) is 0 Å². The Labute approximate surface area is 170 Å². The van der Waals surface area contributed by atoms with Crippen molar-refractivity contribution in [3.63, 3.8) is 0 Å². The quantitative estimate of drug-likeness (QED) is 0.523. The zero-order chi connectivity index (χ0) is 19.8. The Kier molecular flexibility index (Phi) is 4.68. The normalized spacial score (nSPS) is 15.9. The molecule has 5 nitrogen and oxygen atoms in total. The van der Waals surface area contributed by atoms with Gasteiger partial charge in [-0.3, -0.25) is 9.88 Å². The Hall–Kier alpha value is -2.92. The summed E-state index contributed by atoms with van der Waals surface area (Å²) in [6.45, 7) is 7.18. The molecule has 0 amide bonds. The molecule has 0 saturated carbocycles. The Morgan fingerprint density at radius 3 is 2.79 bits per heavy atom. The van der Waals surface area contributed by atoms with Gasteiger partial charge >= 0.3 is 0 Å². The molecule has 3 aromatic heterocycles. The van der Waals surface area contributed by atoms with E-state index in [1.54, 1.807) is 0 Å². The summed E-state index contributed by atoms with van der Waals surface area (Å²) in [5, 5.41) is 5.42. The predicted molar refractivity (Wildman–Crippen MR) is 115 cm³/mol. The third kappa shape index (κ3) is 3.47. The third-order valence-corrected chi connectivity index (χ3v) is 6.21. The molecule has 0 spiro atoms. The number of piperidine rings is 1. The monoisotopic (exact) mass is 386 g/mol. The summed E-state index contributed by atoms with van der Waals surface area (Å²) in [5.41, 5.74) is 6.92. The molecule has 5 heteroatoms. The molecule has 4 heterocycles. The van der Waals surface area contributed by atoms with Crippen LogP contribution in [0.2, 0.25) is 0 Å². The summed E-state index contributed by atoms with van der Waals surface area (Å²) in [5.74, 6) is 1.41. The highest BCUT2D eigenvalue weighted by Gasteiger charge is 2.22. The van der Waals surface area contributed by atoms with Crippen LogP contribution >= 0.6 is 0 Å². The molecule has 5 rings (SSSR count). The van der Waals surface area contributed by atoms with Gasteiger partial charge in [0.15, 0.2) is 0 Å². The average Bonchev–Trinajstić information content (AvgIpc) is 3.36. The number of aromatic nitrogens is 3. The van der Waals surface area contributed by atoms with Gasteiger partial charge in [0, 0.05) is 29.8 Å². The number of H-pyrrole nitrogens is 1. The first-order valence-electron chi connectivity index (χ1n) is 10.4. The maximum Gasteiger partial charge on any atom is 0.143 e. The summed E-state index contributed by atoms with van der Waals surface area (Å²) in [6.07, 6.45) is 6.30. The molecular weight excluding hydrogens is 360 g/mol. The van der Waals surface area contributed by atoms with Crippen LogP contribution in [0.25, 0.3) is 22.2 Å². The summed E-state index contributed by atoms with van der Waals surface area (Å²) >= 11 is 0. The third-order valence-electron chi connectivity index (χ3n) is 6.21. The van der Waals surface area contributed by atoms with Crippen molar-refractivity contribution in [3.05, 3.63) is 71.4 Å². The lowest BCUT2D eigenvalue weighted by Crippen LogP contribution is -2.32. The Balaban J connectivity index is 1.29. The topological polar surface area (TPSA) is 58.0 Å². The summed E-state index contributed by atoms with van der Waals surface area (Å²) < 4.78 is 5.33. The number of rotatable bonds is 4. The zero-order valence-corrected chi connectivity index (χ0v) is 17.0. The van der Waals surface area contributed by atoms with Crippen LogP contribution in [-0.4, -0.2) is 33.1 Å². The maximum absolute atomic E-state index is 5.33. The van der Waals surface area contributed by atoms with Crippen molar-refractivity contribution in [2.45, 2.75) is 39.2 Å². The highest BCUT2D eigenvalue weighted by molar-refractivity contribution is 5.82. The van der Waals surface area contributed by atoms with Gasteiger partial charge in [-0.2, -0.15) is 0 Å². The van der Waals surface area contributed by atoms with Crippen LogP contribution in [0, 0.1) is 13.8 Å². The van der Waals surface area contributed by atoms with Crippen molar-refractivity contribution in [1.82, 2.24) is 20.0 Å². The van der Waals surface area contributed by atoms with E-state index in [4.69, 9.17) is 4.52 Å². The fraction of sp³-hybridized carbons (Fsp3) is 0.333. The van der Waals surface area contributed by atoms with E-state index in [2.05, 4.69) is 56.4 Å². The number of nitrogens with one attached hydrogen (secondary N) is 1. The van der Waals surface area contributed by atoms with E-state index in [0.29, 0.717) is 5.92 Å². The minimum atomic E-state index is 0.580. The number of hydrogen-bond donors (Lipinski definition) is 1. The van der Waals surface area contributed by atoms with Crippen molar-refractivity contribution in [3.8, 4) is 11.3 Å². The average molecular weight is 386 g/mol. The van der Waals surface area contributed by atoms with Gasteiger partial charge < -0.3 is 9.51 Å². The molecule has 1 aliphatic rings. The second kappa shape index (κ2) is 7.48. The van der Waals surface area contributed by atoms with Gasteiger partial charge in [0.05, 0.1) is 17.0 Å². The number of pyridine rings is 1. The van der Waals surface area contributed by atoms with Crippen LogP contribution in [0.1, 0.15) is 41.3 Å².